The number of nitrogen functional groups attached to an aromatic ring is 1. The topological polar surface area (TPSA) is 69.6 Å². The number of hydrogen-bond acceptors (Lipinski definition) is 5. The highest BCUT2D eigenvalue weighted by molar-refractivity contribution is 7.80. The fourth-order valence-electron chi connectivity index (χ4n) is 1.27. The van der Waals surface area contributed by atoms with Gasteiger partial charge in [-0.25, -0.2) is 9.97 Å². The molecule has 0 saturated heterocycles. The van der Waals surface area contributed by atoms with E-state index in [9.17, 15) is 0 Å². The largest absolute Gasteiger partial charge is 0.383 e. The van der Waals surface area contributed by atoms with Crippen LogP contribution in [0.5, 0.6) is 0 Å². The molecule has 2 aromatic rings. The molecular formula is C9H11N5S. The Bertz CT molecular complexity index is 505. The number of rotatable bonds is 1. The molecule has 0 radical (unpaired) electrons. The molecule has 0 fully saturated rings. The van der Waals surface area contributed by atoms with Crippen molar-refractivity contribution in [2.24, 2.45) is 0 Å². The number of nitrogens with two attached hydrogens (primary N) is 1. The first-order valence-corrected chi connectivity index (χ1v) is 4.87. The number of anilines is 1. The van der Waals surface area contributed by atoms with Crippen LogP contribution < -0.4 is 5.73 Å². The predicted molar refractivity (Wildman–Crippen MR) is 60.3 cm³/mol. The minimum absolute atomic E-state index is 0.494. The Kier molecular flexibility index (Phi) is 2.36. The predicted octanol–water partition coefficient (Wildman–Crippen LogP) is 1.15. The summed E-state index contributed by atoms with van der Waals surface area (Å²) in [6.07, 6.45) is 1.49. The van der Waals surface area contributed by atoms with Crippen LogP contribution >= 0.6 is 12.6 Å². The van der Waals surface area contributed by atoms with Crippen LogP contribution in [0.15, 0.2) is 17.3 Å². The van der Waals surface area contributed by atoms with E-state index in [1.165, 1.54) is 6.33 Å². The van der Waals surface area contributed by atoms with Crippen molar-refractivity contribution in [1.29, 1.82) is 0 Å². The smallest absolute Gasteiger partial charge is 0.159 e. The lowest BCUT2D eigenvalue weighted by Gasteiger charge is -2.02. The molecule has 15 heavy (non-hydrogen) atoms. The molecule has 0 aromatic carbocycles. The van der Waals surface area contributed by atoms with Crippen molar-refractivity contribution in [3.05, 3.63) is 23.8 Å². The summed E-state index contributed by atoms with van der Waals surface area (Å²) >= 11 is 4.26. The van der Waals surface area contributed by atoms with E-state index >= 15 is 0 Å². The third-order valence-electron chi connectivity index (χ3n) is 2.07. The first-order chi connectivity index (χ1) is 7.09. The minimum Gasteiger partial charge on any atom is -0.383 e. The van der Waals surface area contributed by atoms with E-state index in [0.717, 1.165) is 11.4 Å². The summed E-state index contributed by atoms with van der Waals surface area (Å²) in [4.78, 5) is 8.80. The van der Waals surface area contributed by atoms with Gasteiger partial charge in [0.25, 0.3) is 0 Å². The Morgan fingerprint density at radius 1 is 1.33 bits per heavy atom. The van der Waals surface area contributed by atoms with Crippen LogP contribution in [0.2, 0.25) is 0 Å². The molecule has 2 heterocycles. The summed E-state index contributed by atoms with van der Waals surface area (Å²) in [5, 5.41) is 4.25. The van der Waals surface area contributed by atoms with Gasteiger partial charge in [0.2, 0.25) is 0 Å². The first-order valence-electron chi connectivity index (χ1n) is 4.42. The molecule has 0 aliphatic heterocycles. The van der Waals surface area contributed by atoms with E-state index in [4.69, 9.17) is 5.73 Å². The molecule has 2 N–H and O–H groups in total. The summed E-state index contributed by atoms with van der Waals surface area (Å²) in [5.41, 5.74) is 7.50. The van der Waals surface area contributed by atoms with E-state index in [2.05, 4.69) is 27.7 Å². The van der Waals surface area contributed by atoms with E-state index < -0.39 is 0 Å². The molecular weight excluding hydrogens is 210 g/mol. The van der Waals surface area contributed by atoms with Crippen LogP contribution in [0, 0.1) is 13.8 Å². The second-order valence-electron chi connectivity index (χ2n) is 3.25. The lowest BCUT2D eigenvalue weighted by molar-refractivity contribution is 0.830. The van der Waals surface area contributed by atoms with Crippen LogP contribution in [0.25, 0.3) is 5.82 Å². The summed E-state index contributed by atoms with van der Waals surface area (Å²) in [7, 11) is 0. The zero-order chi connectivity index (χ0) is 11.0. The van der Waals surface area contributed by atoms with Crippen LogP contribution in [0.3, 0.4) is 0 Å². The van der Waals surface area contributed by atoms with Crippen molar-refractivity contribution in [1.82, 2.24) is 19.7 Å². The minimum atomic E-state index is 0.494. The molecule has 0 saturated carbocycles. The van der Waals surface area contributed by atoms with Crippen molar-refractivity contribution in [2.45, 2.75) is 18.7 Å². The molecule has 5 nitrogen and oxygen atoms in total. The summed E-state index contributed by atoms with van der Waals surface area (Å²) < 4.78 is 1.56. The van der Waals surface area contributed by atoms with Gasteiger partial charge in [-0.2, -0.15) is 9.78 Å². The average molecular weight is 221 g/mol. The number of thiol groups is 1. The Morgan fingerprint density at radius 2 is 2.07 bits per heavy atom. The molecule has 0 bridgehead atoms. The van der Waals surface area contributed by atoms with Crippen LogP contribution in [-0.2, 0) is 0 Å². The number of nitrogens with zero attached hydrogens (tertiary/aromatic N) is 4. The van der Waals surface area contributed by atoms with Gasteiger partial charge in [0.15, 0.2) is 5.82 Å². The average Bonchev–Trinajstić information content (AvgIpc) is 2.46. The molecule has 6 heteroatoms. The highest BCUT2D eigenvalue weighted by atomic mass is 32.1. The zero-order valence-electron chi connectivity index (χ0n) is 8.47. The van der Waals surface area contributed by atoms with Gasteiger partial charge < -0.3 is 5.73 Å². The fraction of sp³-hybridized carbons (Fsp3) is 0.222. The summed E-state index contributed by atoms with van der Waals surface area (Å²) in [5.74, 6) is 1.15. The fourth-order valence-corrected chi connectivity index (χ4v) is 1.41. The SMILES string of the molecule is Cc1cc(-n2nc(C)c(S)c2N)ncn1. The van der Waals surface area contributed by atoms with Gasteiger partial charge in [-0.15, -0.1) is 12.6 Å². The maximum Gasteiger partial charge on any atom is 0.159 e. The second-order valence-corrected chi connectivity index (χ2v) is 3.70. The van der Waals surface area contributed by atoms with Crippen LogP contribution in [0.4, 0.5) is 5.82 Å². The van der Waals surface area contributed by atoms with Crippen molar-refractivity contribution < 1.29 is 0 Å². The van der Waals surface area contributed by atoms with Gasteiger partial charge in [0, 0.05) is 11.8 Å². The Morgan fingerprint density at radius 3 is 2.60 bits per heavy atom. The van der Waals surface area contributed by atoms with E-state index in [1.807, 2.05) is 19.9 Å². The molecule has 0 aliphatic carbocycles. The third-order valence-corrected chi connectivity index (χ3v) is 2.62. The molecule has 2 aromatic heterocycles. The van der Waals surface area contributed by atoms with E-state index in [0.29, 0.717) is 16.5 Å². The lowest BCUT2D eigenvalue weighted by Crippen LogP contribution is -2.05. The Hall–Kier alpha value is -1.56. The Balaban J connectivity index is 2.59. The van der Waals surface area contributed by atoms with Crippen molar-refractivity contribution in [2.75, 3.05) is 5.73 Å². The second kappa shape index (κ2) is 3.54. The van der Waals surface area contributed by atoms with Gasteiger partial charge in [0.05, 0.1) is 10.6 Å². The van der Waals surface area contributed by atoms with E-state index in [1.54, 1.807) is 4.68 Å². The third kappa shape index (κ3) is 1.68. The number of aromatic nitrogens is 4. The van der Waals surface area contributed by atoms with Gasteiger partial charge in [0.1, 0.15) is 12.1 Å². The van der Waals surface area contributed by atoms with Gasteiger partial charge in [-0.05, 0) is 13.8 Å². The van der Waals surface area contributed by atoms with Crippen molar-refractivity contribution in [3.8, 4) is 5.82 Å². The molecule has 0 spiro atoms. The Labute approximate surface area is 92.8 Å². The zero-order valence-corrected chi connectivity index (χ0v) is 9.36. The molecule has 0 amide bonds. The molecule has 2 rings (SSSR count). The standard InChI is InChI=1S/C9H11N5S/c1-5-3-7(12-4-11-5)14-9(10)8(15)6(2)13-14/h3-4,15H,10H2,1-2H3. The first kappa shape index (κ1) is 9.97. The molecule has 78 valence electrons. The van der Waals surface area contributed by atoms with Crippen molar-refractivity contribution in [3.63, 3.8) is 0 Å². The van der Waals surface area contributed by atoms with Gasteiger partial charge in [-0.3, -0.25) is 0 Å². The van der Waals surface area contributed by atoms with Crippen molar-refractivity contribution >= 4 is 18.4 Å². The molecule has 0 atom stereocenters. The highest BCUT2D eigenvalue weighted by Gasteiger charge is 2.11. The number of hydrogen-bond donors (Lipinski definition) is 2. The highest BCUT2D eigenvalue weighted by Crippen LogP contribution is 2.22. The maximum absolute atomic E-state index is 5.85. The molecule has 0 aliphatic rings. The van der Waals surface area contributed by atoms with Gasteiger partial charge >= 0.3 is 0 Å². The number of aryl methyl sites for hydroxylation is 2. The normalized spacial score (nSPS) is 10.6. The summed E-state index contributed by atoms with van der Waals surface area (Å²) in [6.45, 7) is 3.74. The maximum atomic E-state index is 5.85. The molecule has 0 unspecified atom stereocenters. The lowest BCUT2D eigenvalue weighted by atomic mass is 10.4. The quantitative estimate of drug-likeness (QED) is 0.709. The van der Waals surface area contributed by atoms with E-state index in [-0.39, 0.29) is 0 Å². The van der Waals surface area contributed by atoms with Gasteiger partial charge in [-0.1, -0.05) is 0 Å². The van der Waals surface area contributed by atoms with Crippen LogP contribution in [-0.4, -0.2) is 19.7 Å². The summed E-state index contributed by atoms with van der Waals surface area (Å²) in [6, 6.07) is 1.82. The van der Waals surface area contributed by atoms with Crippen LogP contribution in [0.1, 0.15) is 11.4 Å². The monoisotopic (exact) mass is 221 g/mol.